The average Bonchev–Trinajstić information content (AvgIpc) is 2.98. The topological polar surface area (TPSA) is 53.2 Å². The maximum absolute atomic E-state index is 13.1. The molecule has 3 aromatic rings. The Hall–Kier alpha value is -2.03. The minimum absolute atomic E-state index is 0.103. The van der Waals surface area contributed by atoms with Crippen LogP contribution in [0.1, 0.15) is 16.8 Å². The molecule has 142 valence electrons. The van der Waals surface area contributed by atoms with Gasteiger partial charge in [-0.05, 0) is 29.8 Å². The van der Waals surface area contributed by atoms with Gasteiger partial charge in [0.15, 0.2) is 0 Å². The second kappa shape index (κ2) is 6.25. The molecule has 1 aliphatic heterocycles. The Morgan fingerprint density at radius 3 is 2.59 bits per heavy atom. The minimum atomic E-state index is -4.73. The Labute approximate surface area is 158 Å². The Kier molecular flexibility index (Phi) is 4.25. The SMILES string of the molecule is O=S(=O)(c1ccc(Cl)c(C(F)(F)F)c1)N1CCc2[nH]c3ccccc3c2C1. The van der Waals surface area contributed by atoms with Crippen LogP contribution in [0.2, 0.25) is 5.02 Å². The molecule has 1 N–H and O–H groups in total. The number of aromatic nitrogens is 1. The van der Waals surface area contributed by atoms with Crippen molar-refractivity contribution >= 4 is 32.5 Å². The van der Waals surface area contributed by atoms with Gasteiger partial charge < -0.3 is 4.98 Å². The molecule has 2 aromatic carbocycles. The summed E-state index contributed by atoms with van der Waals surface area (Å²) < 4.78 is 66.4. The summed E-state index contributed by atoms with van der Waals surface area (Å²) in [5, 5.41) is 0.387. The van der Waals surface area contributed by atoms with Gasteiger partial charge in [-0.3, -0.25) is 0 Å². The Balaban J connectivity index is 1.74. The number of hydrogen-bond donors (Lipinski definition) is 1. The van der Waals surface area contributed by atoms with Crippen LogP contribution in [0.5, 0.6) is 0 Å². The Morgan fingerprint density at radius 1 is 1.11 bits per heavy atom. The predicted octanol–water partition coefficient (Wildman–Crippen LogP) is 4.59. The van der Waals surface area contributed by atoms with Crippen LogP contribution in [0.25, 0.3) is 10.9 Å². The zero-order chi connectivity index (χ0) is 19.4. The molecule has 0 unspecified atom stereocenters. The summed E-state index contributed by atoms with van der Waals surface area (Å²) in [6.07, 6.45) is -4.27. The number of benzene rings is 2. The smallest absolute Gasteiger partial charge is 0.358 e. The van der Waals surface area contributed by atoms with E-state index >= 15 is 0 Å². The number of para-hydroxylation sites is 1. The van der Waals surface area contributed by atoms with E-state index in [0.717, 1.165) is 34.3 Å². The molecule has 9 heteroatoms. The third-order valence-electron chi connectivity index (χ3n) is 4.73. The van der Waals surface area contributed by atoms with E-state index in [1.165, 1.54) is 4.31 Å². The van der Waals surface area contributed by atoms with Crippen molar-refractivity contribution in [3.8, 4) is 0 Å². The van der Waals surface area contributed by atoms with Gasteiger partial charge in [0.25, 0.3) is 0 Å². The highest BCUT2D eigenvalue weighted by atomic mass is 35.5. The zero-order valence-corrected chi connectivity index (χ0v) is 15.4. The largest absolute Gasteiger partial charge is 0.417 e. The molecule has 0 radical (unpaired) electrons. The molecule has 0 atom stereocenters. The molecule has 1 aromatic heterocycles. The van der Waals surface area contributed by atoms with Gasteiger partial charge in [-0.25, -0.2) is 8.42 Å². The summed E-state index contributed by atoms with van der Waals surface area (Å²) in [5.41, 5.74) is 1.56. The van der Waals surface area contributed by atoms with Crippen molar-refractivity contribution in [3.63, 3.8) is 0 Å². The predicted molar refractivity (Wildman–Crippen MR) is 96.1 cm³/mol. The van der Waals surface area contributed by atoms with Crippen LogP contribution < -0.4 is 0 Å². The maximum atomic E-state index is 13.1. The van der Waals surface area contributed by atoms with E-state index in [9.17, 15) is 21.6 Å². The van der Waals surface area contributed by atoms with Crippen LogP contribution in [0.4, 0.5) is 13.2 Å². The zero-order valence-electron chi connectivity index (χ0n) is 13.8. The molecule has 0 fully saturated rings. The first-order valence-electron chi connectivity index (χ1n) is 8.13. The summed E-state index contributed by atoms with van der Waals surface area (Å²) in [6, 6.07) is 10.2. The molecule has 0 amide bonds. The van der Waals surface area contributed by atoms with Crippen LogP contribution in [0.15, 0.2) is 47.4 Å². The average molecular weight is 415 g/mol. The standard InChI is InChI=1S/C18H14ClF3N2O2S/c19-15-6-5-11(9-14(15)18(20,21)22)27(25,26)24-8-7-17-13(10-24)12-3-1-2-4-16(12)23-17/h1-6,9,23H,7-8,10H2. The fourth-order valence-electron chi connectivity index (χ4n) is 3.38. The molecular weight excluding hydrogens is 401 g/mol. The van der Waals surface area contributed by atoms with E-state index in [2.05, 4.69) is 4.98 Å². The third kappa shape index (κ3) is 3.11. The van der Waals surface area contributed by atoms with Gasteiger partial charge >= 0.3 is 6.18 Å². The molecule has 1 aliphatic rings. The lowest BCUT2D eigenvalue weighted by Crippen LogP contribution is -2.35. The van der Waals surface area contributed by atoms with Crippen LogP contribution in [0.3, 0.4) is 0 Å². The minimum Gasteiger partial charge on any atom is -0.358 e. The number of hydrogen-bond acceptors (Lipinski definition) is 2. The van der Waals surface area contributed by atoms with Crippen LogP contribution in [-0.4, -0.2) is 24.3 Å². The molecule has 0 aliphatic carbocycles. The van der Waals surface area contributed by atoms with Crippen molar-refractivity contribution in [1.29, 1.82) is 0 Å². The number of halogens is 4. The van der Waals surface area contributed by atoms with E-state index in [0.29, 0.717) is 12.5 Å². The van der Waals surface area contributed by atoms with Gasteiger partial charge in [0.05, 0.1) is 15.5 Å². The maximum Gasteiger partial charge on any atom is 0.417 e. The number of rotatable bonds is 2. The van der Waals surface area contributed by atoms with Crippen molar-refractivity contribution in [2.45, 2.75) is 24.0 Å². The lowest BCUT2D eigenvalue weighted by molar-refractivity contribution is -0.137. The second-order valence-corrected chi connectivity index (χ2v) is 8.70. The van der Waals surface area contributed by atoms with Crippen molar-refractivity contribution in [1.82, 2.24) is 9.29 Å². The molecule has 4 nitrogen and oxygen atoms in total. The second-order valence-electron chi connectivity index (χ2n) is 6.36. The van der Waals surface area contributed by atoms with Gasteiger partial charge in [-0.15, -0.1) is 0 Å². The van der Waals surface area contributed by atoms with Crippen LogP contribution in [-0.2, 0) is 29.2 Å². The van der Waals surface area contributed by atoms with E-state index in [-0.39, 0.29) is 13.1 Å². The summed E-state index contributed by atoms with van der Waals surface area (Å²) in [6.45, 7) is 0.289. The molecule has 4 rings (SSSR count). The number of fused-ring (bicyclic) bond motifs is 3. The molecule has 0 bridgehead atoms. The summed E-state index contributed by atoms with van der Waals surface area (Å²) in [4.78, 5) is 2.86. The van der Waals surface area contributed by atoms with Crippen molar-refractivity contribution in [2.75, 3.05) is 6.54 Å². The van der Waals surface area contributed by atoms with Crippen molar-refractivity contribution < 1.29 is 21.6 Å². The van der Waals surface area contributed by atoms with Gasteiger partial charge in [0.2, 0.25) is 10.0 Å². The number of nitrogens with one attached hydrogen (secondary N) is 1. The lowest BCUT2D eigenvalue weighted by atomic mass is 10.1. The molecule has 0 spiro atoms. The van der Waals surface area contributed by atoms with Crippen LogP contribution >= 0.6 is 11.6 Å². The molecule has 0 saturated carbocycles. The highest BCUT2D eigenvalue weighted by Gasteiger charge is 2.36. The van der Waals surface area contributed by atoms with Gasteiger partial charge in [-0.1, -0.05) is 29.8 Å². The highest BCUT2D eigenvalue weighted by Crippen LogP contribution is 2.37. The number of H-pyrrole nitrogens is 1. The van der Waals surface area contributed by atoms with Crippen LogP contribution in [0, 0.1) is 0 Å². The Morgan fingerprint density at radius 2 is 1.85 bits per heavy atom. The summed E-state index contributed by atoms with van der Waals surface area (Å²) in [7, 11) is -4.09. The third-order valence-corrected chi connectivity index (χ3v) is 6.90. The van der Waals surface area contributed by atoms with E-state index in [1.807, 2.05) is 24.3 Å². The van der Waals surface area contributed by atoms with E-state index in [4.69, 9.17) is 11.6 Å². The molecular formula is C18H14ClF3N2O2S. The normalized spacial score (nSPS) is 15.9. The molecule has 0 saturated heterocycles. The van der Waals surface area contributed by atoms with E-state index < -0.39 is 31.7 Å². The monoisotopic (exact) mass is 414 g/mol. The lowest BCUT2D eigenvalue weighted by Gasteiger charge is -2.27. The number of aromatic amines is 1. The first-order valence-corrected chi connectivity index (χ1v) is 9.95. The van der Waals surface area contributed by atoms with Gasteiger partial charge in [-0.2, -0.15) is 17.5 Å². The first kappa shape index (κ1) is 18.3. The van der Waals surface area contributed by atoms with Crippen molar-refractivity contribution in [2.24, 2.45) is 0 Å². The molecule has 2 heterocycles. The fraction of sp³-hybridized carbons (Fsp3) is 0.222. The first-order chi connectivity index (χ1) is 12.7. The number of alkyl halides is 3. The number of nitrogens with zero attached hydrogens (tertiary/aromatic N) is 1. The van der Waals surface area contributed by atoms with Crippen molar-refractivity contribution in [3.05, 3.63) is 64.3 Å². The van der Waals surface area contributed by atoms with E-state index in [1.54, 1.807) is 0 Å². The highest BCUT2D eigenvalue weighted by molar-refractivity contribution is 7.89. The van der Waals surface area contributed by atoms with Gasteiger partial charge in [0, 0.05) is 36.1 Å². The summed E-state index contributed by atoms with van der Waals surface area (Å²) in [5.74, 6) is 0. The summed E-state index contributed by atoms with van der Waals surface area (Å²) >= 11 is 5.60. The van der Waals surface area contributed by atoms with Gasteiger partial charge in [0.1, 0.15) is 0 Å². The fourth-order valence-corrected chi connectivity index (χ4v) is 5.04. The quantitative estimate of drug-likeness (QED) is 0.667. The number of sulfonamides is 1. The Bertz CT molecular complexity index is 1140. The molecule has 27 heavy (non-hydrogen) atoms.